The summed E-state index contributed by atoms with van der Waals surface area (Å²) in [6.45, 7) is 3.73. The maximum atomic E-state index is 13.5. The lowest BCUT2D eigenvalue weighted by Crippen LogP contribution is -2.51. The quantitative estimate of drug-likeness (QED) is 0.432. The molecule has 0 spiro atoms. The first-order valence-electron chi connectivity index (χ1n) is 12.7. The number of methoxy groups -OCH3 is 1. The summed E-state index contributed by atoms with van der Waals surface area (Å²) < 4.78 is 11.5. The van der Waals surface area contributed by atoms with Crippen LogP contribution in [0.25, 0.3) is 0 Å². The van der Waals surface area contributed by atoms with Crippen molar-refractivity contribution >= 4 is 35.1 Å². The Morgan fingerprint density at radius 2 is 1.89 bits per heavy atom. The summed E-state index contributed by atoms with van der Waals surface area (Å²) in [6.07, 6.45) is 3.51. The molecule has 3 N–H and O–H groups in total. The second-order valence-corrected chi connectivity index (χ2v) is 10.7. The predicted molar refractivity (Wildman–Crippen MR) is 146 cm³/mol. The molecule has 2 aromatic carbocycles. The van der Waals surface area contributed by atoms with E-state index in [-0.39, 0.29) is 18.0 Å². The van der Waals surface area contributed by atoms with E-state index in [4.69, 9.17) is 9.47 Å². The fourth-order valence-electron chi connectivity index (χ4n) is 5.29. The van der Waals surface area contributed by atoms with Crippen LogP contribution >= 0.6 is 11.8 Å². The van der Waals surface area contributed by atoms with Gasteiger partial charge in [0.15, 0.2) is 11.5 Å². The Bertz CT molecular complexity index is 1390. The number of amides is 3. The minimum absolute atomic E-state index is 0.0568. The highest BCUT2D eigenvalue weighted by Gasteiger charge is 2.47. The molecule has 10 heteroatoms. The first-order chi connectivity index (χ1) is 18.5. The van der Waals surface area contributed by atoms with E-state index in [1.54, 1.807) is 18.2 Å². The number of nitrogens with zero attached hydrogens (tertiary/aromatic N) is 2. The molecule has 6 rings (SSSR count). The monoisotopic (exact) mass is 531 g/mol. The van der Waals surface area contributed by atoms with Crippen LogP contribution in [0.15, 0.2) is 59.8 Å². The van der Waals surface area contributed by atoms with Gasteiger partial charge in [-0.2, -0.15) is 0 Å². The largest absolute Gasteiger partial charge is 0.493 e. The fraction of sp³-hybridized carbons (Fsp3) is 0.321. The Balaban J connectivity index is 1.27. The van der Waals surface area contributed by atoms with Crippen LogP contribution in [0.3, 0.4) is 0 Å². The molecule has 3 aliphatic heterocycles. The molecule has 38 heavy (non-hydrogen) atoms. The Hall–Kier alpha value is -3.76. The third kappa shape index (κ3) is 4.43. The highest BCUT2D eigenvalue weighted by Crippen LogP contribution is 2.51. The first kappa shape index (κ1) is 24.6. The molecule has 196 valence electrons. The van der Waals surface area contributed by atoms with E-state index < -0.39 is 11.3 Å². The number of pyridine rings is 1. The lowest BCUT2D eigenvalue weighted by molar-refractivity contribution is -0.121. The number of aromatic nitrogens is 1. The van der Waals surface area contributed by atoms with Gasteiger partial charge in [0.25, 0.3) is 0 Å². The molecule has 1 aromatic heterocycles. The van der Waals surface area contributed by atoms with E-state index in [0.29, 0.717) is 17.2 Å². The molecule has 4 heterocycles. The molecule has 0 radical (unpaired) electrons. The molecule has 3 aromatic rings. The smallest absolute Gasteiger partial charge is 0.327 e. The Kier molecular flexibility index (Phi) is 6.59. The zero-order valence-corrected chi connectivity index (χ0v) is 22.0. The van der Waals surface area contributed by atoms with Crippen LogP contribution in [0.1, 0.15) is 30.0 Å². The van der Waals surface area contributed by atoms with E-state index in [0.717, 1.165) is 53.5 Å². The van der Waals surface area contributed by atoms with E-state index >= 15 is 0 Å². The summed E-state index contributed by atoms with van der Waals surface area (Å²) in [4.78, 5) is 33.0. The number of hydrogen-bond donors (Lipinski definition) is 3. The van der Waals surface area contributed by atoms with Gasteiger partial charge in [-0.25, -0.2) is 9.78 Å². The maximum absolute atomic E-state index is 13.5. The number of para-hydroxylation sites is 2. The van der Waals surface area contributed by atoms with Crippen molar-refractivity contribution in [1.29, 1.82) is 0 Å². The summed E-state index contributed by atoms with van der Waals surface area (Å²) in [5, 5.41) is 9.91. The van der Waals surface area contributed by atoms with Crippen molar-refractivity contribution in [3.8, 4) is 17.2 Å². The van der Waals surface area contributed by atoms with Crippen molar-refractivity contribution in [2.24, 2.45) is 0 Å². The van der Waals surface area contributed by atoms with Gasteiger partial charge in [0.1, 0.15) is 16.0 Å². The van der Waals surface area contributed by atoms with Gasteiger partial charge in [0.05, 0.1) is 24.5 Å². The highest BCUT2D eigenvalue weighted by molar-refractivity contribution is 8.01. The van der Waals surface area contributed by atoms with Gasteiger partial charge in [-0.1, -0.05) is 23.9 Å². The Morgan fingerprint density at radius 1 is 1.11 bits per heavy atom. The number of hydrogen-bond acceptors (Lipinski definition) is 7. The highest BCUT2D eigenvalue weighted by atomic mass is 32.2. The van der Waals surface area contributed by atoms with Crippen molar-refractivity contribution in [3.05, 3.63) is 65.9 Å². The van der Waals surface area contributed by atoms with Crippen molar-refractivity contribution in [1.82, 2.24) is 20.9 Å². The Morgan fingerprint density at radius 3 is 2.66 bits per heavy atom. The van der Waals surface area contributed by atoms with E-state index in [1.807, 2.05) is 55.5 Å². The van der Waals surface area contributed by atoms with Gasteiger partial charge in [-0.05, 0) is 74.8 Å². The predicted octanol–water partition coefficient (Wildman–Crippen LogP) is 4.44. The van der Waals surface area contributed by atoms with Crippen LogP contribution in [0.4, 0.5) is 16.2 Å². The SMILES string of the molecule is COc1ccccc1Oc1ccc(N2C(=O)NC3c4c2ccnc4SC3C(=O)NC2CCNCC2)c(C)c1. The van der Waals surface area contributed by atoms with Crippen LogP contribution in [-0.2, 0) is 4.79 Å². The number of rotatable bonds is 6. The van der Waals surface area contributed by atoms with Crippen molar-refractivity contribution < 1.29 is 19.1 Å². The minimum atomic E-state index is -0.461. The third-order valence-corrected chi connectivity index (χ3v) is 8.44. The van der Waals surface area contributed by atoms with Gasteiger partial charge in [0, 0.05) is 17.8 Å². The van der Waals surface area contributed by atoms with E-state index in [9.17, 15) is 9.59 Å². The van der Waals surface area contributed by atoms with Crippen LogP contribution in [-0.4, -0.2) is 48.4 Å². The topological polar surface area (TPSA) is 105 Å². The van der Waals surface area contributed by atoms with Gasteiger partial charge >= 0.3 is 6.03 Å². The Labute approximate surface area is 225 Å². The van der Waals surface area contributed by atoms with Crippen molar-refractivity contribution in [2.75, 3.05) is 25.1 Å². The lowest BCUT2D eigenvalue weighted by atomic mass is 9.98. The standard InChI is InChI=1S/C28H29N5O4S/c1-16-15-18(37-22-6-4-3-5-21(22)36-2)7-8-19(16)33-20-11-14-30-27-23(20)24(32-28(33)35)25(38-27)26(34)31-17-9-12-29-13-10-17/h3-8,11,14-15,17,24-25,29H,9-10,12-13H2,1-2H3,(H,31,34)(H,32,35). The molecule has 0 saturated carbocycles. The number of anilines is 2. The summed E-state index contributed by atoms with van der Waals surface area (Å²) >= 11 is 1.42. The second kappa shape index (κ2) is 10.2. The minimum Gasteiger partial charge on any atom is -0.493 e. The summed E-state index contributed by atoms with van der Waals surface area (Å²) in [6, 6.07) is 14.3. The molecule has 1 fully saturated rings. The number of urea groups is 1. The van der Waals surface area contributed by atoms with E-state index in [2.05, 4.69) is 20.9 Å². The molecule has 0 aliphatic carbocycles. The molecule has 9 nitrogen and oxygen atoms in total. The average molecular weight is 532 g/mol. The number of carbonyl (C=O) groups excluding carboxylic acids is 2. The van der Waals surface area contributed by atoms with Crippen LogP contribution in [0.5, 0.6) is 17.2 Å². The average Bonchev–Trinajstić information content (AvgIpc) is 3.30. The number of ether oxygens (including phenoxy) is 2. The van der Waals surface area contributed by atoms with Crippen molar-refractivity contribution in [2.45, 2.75) is 42.1 Å². The fourth-order valence-corrected chi connectivity index (χ4v) is 6.52. The van der Waals surface area contributed by atoms with Gasteiger partial charge in [0.2, 0.25) is 5.91 Å². The molecular formula is C28H29N5O4S. The van der Waals surface area contributed by atoms with Crippen LogP contribution in [0.2, 0.25) is 0 Å². The van der Waals surface area contributed by atoms with Crippen molar-refractivity contribution in [3.63, 3.8) is 0 Å². The zero-order valence-electron chi connectivity index (χ0n) is 21.2. The first-order valence-corrected chi connectivity index (χ1v) is 13.6. The summed E-state index contributed by atoms with van der Waals surface area (Å²) in [7, 11) is 1.60. The molecule has 1 saturated heterocycles. The number of aryl methyl sites for hydroxylation is 1. The molecule has 2 unspecified atom stereocenters. The van der Waals surface area contributed by atoms with Gasteiger partial charge in [-0.3, -0.25) is 9.69 Å². The van der Waals surface area contributed by atoms with E-state index in [1.165, 1.54) is 11.8 Å². The molecule has 3 amide bonds. The molecule has 2 atom stereocenters. The van der Waals surface area contributed by atoms with Gasteiger partial charge in [-0.15, -0.1) is 0 Å². The van der Waals surface area contributed by atoms with Crippen LogP contribution < -0.4 is 30.3 Å². The van der Waals surface area contributed by atoms with Crippen LogP contribution in [0, 0.1) is 6.92 Å². The third-order valence-electron chi connectivity index (χ3n) is 7.16. The number of piperidine rings is 1. The normalized spacial score (nSPS) is 20.5. The molecule has 3 aliphatic rings. The second-order valence-electron chi connectivity index (χ2n) is 9.58. The van der Waals surface area contributed by atoms with Gasteiger partial charge < -0.3 is 25.4 Å². The summed E-state index contributed by atoms with van der Waals surface area (Å²) in [5.41, 5.74) is 3.22. The summed E-state index contributed by atoms with van der Waals surface area (Å²) in [5.74, 6) is 1.83. The molecule has 0 bridgehead atoms. The number of thioether (sulfide) groups is 1. The maximum Gasteiger partial charge on any atom is 0.327 e. The number of carbonyl (C=O) groups is 2. The molecular weight excluding hydrogens is 502 g/mol. The number of benzene rings is 2. The number of nitrogens with one attached hydrogen (secondary N) is 3. The zero-order chi connectivity index (χ0) is 26.2. The lowest BCUT2D eigenvalue weighted by Gasteiger charge is -2.35.